The molecule has 140 valence electrons. The SMILES string of the molecule is Cc1ccc(NC(=O)COC(=O)c2cnn(C)c2)cc1S(=O)(=O)N(C)C. The van der Waals surface area contributed by atoms with Gasteiger partial charge in [-0.05, 0) is 24.6 Å². The first-order valence-corrected chi connectivity index (χ1v) is 9.04. The summed E-state index contributed by atoms with van der Waals surface area (Å²) >= 11 is 0. The third kappa shape index (κ3) is 4.46. The van der Waals surface area contributed by atoms with Gasteiger partial charge in [0.15, 0.2) is 6.61 Å². The van der Waals surface area contributed by atoms with Gasteiger partial charge in [0, 0.05) is 33.0 Å². The molecule has 1 N–H and O–H groups in total. The molecule has 2 aromatic rings. The van der Waals surface area contributed by atoms with Crippen molar-refractivity contribution in [2.75, 3.05) is 26.0 Å². The van der Waals surface area contributed by atoms with Crippen LogP contribution in [-0.2, 0) is 26.6 Å². The quantitative estimate of drug-likeness (QED) is 0.741. The summed E-state index contributed by atoms with van der Waals surface area (Å²) < 4.78 is 32.0. The number of hydrogen-bond donors (Lipinski definition) is 1. The van der Waals surface area contributed by atoms with Crippen molar-refractivity contribution in [1.82, 2.24) is 14.1 Å². The van der Waals surface area contributed by atoms with Crippen LogP contribution in [0.1, 0.15) is 15.9 Å². The summed E-state index contributed by atoms with van der Waals surface area (Å²) in [5.41, 5.74) is 1.08. The number of sulfonamides is 1. The predicted octanol–water partition coefficient (Wildman–Crippen LogP) is 0.774. The standard InChI is InChI=1S/C16H20N4O5S/c1-11-5-6-13(7-14(11)26(23,24)19(2)3)18-15(21)10-25-16(22)12-8-17-20(4)9-12/h5-9H,10H2,1-4H3,(H,18,21). The van der Waals surface area contributed by atoms with Gasteiger partial charge in [0.1, 0.15) is 0 Å². The number of carbonyl (C=O) groups is 2. The maximum atomic E-state index is 12.3. The van der Waals surface area contributed by atoms with E-state index in [0.717, 1.165) is 4.31 Å². The Hall–Kier alpha value is -2.72. The summed E-state index contributed by atoms with van der Waals surface area (Å²) in [6.07, 6.45) is 2.80. The summed E-state index contributed by atoms with van der Waals surface area (Å²) in [5.74, 6) is -1.26. The second-order valence-corrected chi connectivity index (χ2v) is 7.91. The van der Waals surface area contributed by atoms with Gasteiger partial charge >= 0.3 is 5.97 Å². The molecular weight excluding hydrogens is 360 g/mol. The molecule has 1 amide bonds. The minimum Gasteiger partial charge on any atom is -0.452 e. The minimum absolute atomic E-state index is 0.0904. The molecule has 0 atom stereocenters. The molecule has 1 aromatic heterocycles. The van der Waals surface area contributed by atoms with Gasteiger partial charge in [0.05, 0.1) is 16.7 Å². The van der Waals surface area contributed by atoms with Crippen LogP contribution in [0.3, 0.4) is 0 Å². The van der Waals surface area contributed by atoms with Gasteiger partial charge in [-0.3, -0.25) is 9.48 Å². The molecule has 2 rings (SSSR count). The van der Waals surface area contributed by atoms with Crippen LogP contribution in [0.5, 0.6) is 0 Å². The number of carbonyl (C=O) groups excluding carboxylic acids is 2. The number of benzene rings is 1. The largest absolute Gasteiger partial charge is 0.452 e. The molecule has 0 aliphatic heterocycles. The average Bonchev–Trinajstić information content (AvgIpc) is 3.00. The molecule has 0 spiro atoms. The van der Waals surface area contributed by atoms with Gasteiger partial charge in [0.2, 0.25) is 10.0 Å². The highest BCUT2D eigenvalue weighted by Crippen LogP contribution is 2.22. The fraction of sp³-hybridized carbons (Fsp3) is 0.312. The van der Waals surface area contributed by atoms with Crippen molar-refractivity contribution >= 4 is 27.6 Å². The molecule has 0 aliphatic rings. The average molecular weight is 380 g/mol. The number of esters is 1. The van der Waals surface area contributed by atoms with Crippen molar-refractivity contribution in [3.63, 3.8) is 0 Å². The number of aromatic nitrogens is 2. The van der Waals surface area contributed by atoms with Crippen molar-refractivity contribution in [3.05, 3.63) is 41.7 Å². The van der Waals surface area contributed by atoms with Crippen molar-refractivity contribution in [2.24, 2.45) is 7.05 Å². The fourth-order valence-corrected chi connectivity index (χ4v) is 3.23. The van der Waals surface area contributed by atoms with Gasteiger partial charge in [-0.25, -0.2) is 17.5 Å². The molecule has 0 radical (unpaired) electrons. The number of ether oxygens (including phenoxy) is 1. The van der Waals surface area contributed by atoms with E-state index in [9.17, 15) is 18.0 Å². The van der Waals surface area contributed by atoms with Gasteiger partial charge in [-0.2, -0.15) is 5.10 Å². The Morgan fingerprint density at radius 1 is 1.31 bits per heavy atom. The first-order chi connectivity index (χ1) is 12.1. The van der Waals surface area contributed by atoms with E-state index in [4.69, 9.17) is 4.74 Å². The molecule has 26 heavy (non-hydrogen) atoms. The van der Waals surface area contributed by atoms with Gasteiger partial charge in [-0.1, -0.05) is 6.07 Å². The van der Waals surface area contributed by atoms with Gasteiger partial charge in [0.25, 0.3) is 5.91 Å². The normalized spacial score (nSPS) is 11.4. The summed E-state index contributed by atoms with van der Waals surface area (Å²) in [7, 11) is 0.872. The zero-order valence-electron chi connectivity index (χ0n) is 14.9. The molecule has 10 heteroatoms. The third-order valence-electron chi connectivity index (χ3n) is 3.51. The first kappa shape index (κ1) is 19.6. The minimum atomic E-state index is -3.64. The van der Waals surface area contributed by atoms with E-state index >= 15 is 0 Å². The maximum absolute atomic E-state index is 12.3. The molecule has 1 aromatic carbocycles. The lowest BCUT2D eigenvalue weighted by atomic mass is 10.2. The van der Waals surface area contributed by atoms with E-state index in [1.807, 2.05) is 0 Å². The molecule has 0 fully saturated rings. The molecular formula is C16H20N4O5S. The number of nitrogens with zero attached hydrogens (tertiary/aromatic N) is 3. The zero-order chi connectivity index (χ0) is 19.5. The van der Waals surface area contributed by atoms with E-state index in [0.29, 0.717) is 11.3 Å². The molecule has 0 unspecified atom stereocenters. The number of hydrogen-bond acceptors (Lipinski definition) is 6. The van der Waals surface area contributed by atoms with Crippen LogP contribution in [0.2, 0.25) is 0 Å². The second kappa shape index (κ2) is 7.67. The third-order valence-corrected chi connectivity index (χ3v) is 5.46. The number of rotatable bonds is 6. The molecule has 0 saturated heterocycles. The summed E-state index contributed by atoms with van der Waals surface area (Å²) in [6.45, 7) is 1.16. The summed E-state index contributed by atoms with van der Waals surface area (Å²) in [4.78, 5) is 23.8. The van der Waals surface area contributed by atoms with E-state index in [1.165, 1.54) is 37.2 Å². The molecule has 0 saturated carbocycles. The van der Waals surface area contributed by atoms with Crippen LogP contribution in [0.25, 0.3) is 0 Å². The number of anilines is 1. The highest BCUT2D eigenvalue weighted by Gasteiger charge is 2.20. The molecule has 0 aliphatic carbocycles. The monoisotopic (exact) mass is 380 g/mol. The number of nitrogens with one attached hydrogen (secondary N) is 1. The van der Waals surface area contributed by atoms with Crippen LogP contribution in [0.15, 0.2) is 35.5 Å². The maximum Gasteiger partial charge on any atom is 0.341 e. The van der Waals surface area contributed by atoms with Crippen LogP contribution in [-0.4, -0.2) is 55.1 Å². The Morgan fingerprint density at radius 3 is 2.58 bits per heavy atom. The van der Waals surface area contributed by atoms with E-state index < -0.39 is 28.5 Å². The Kier molecular flexibility index (Phi) is 5.78. The van der Waals surface area contributed by atoms with Crippen molar-refractivity contribution in [2.45, 2.75) is 11.8 Å². The van der Waals surface area contributed by atoms with Crippen LogP contribution < -0.4 is 5.32 Å². The van der Waals surface area contributed by atoms with E-state index in [-0.39, 0.29) is 10.5 Å². The van der Waals surface area contributed by atoms with Crippen LogP contribution in [0, 0.1) is 6.92 Å². The highest BCUT2D eigenvalue weighted by molar-refractivity contribution is 7.89. The van der Waals surface area contributed by atoms with E-state index in [2.05, 4.69) is 10.4 Å². The lowest BCUT2D eigenvalue weighted by Crippen LogP contribution is -2.24. The number of aryl methyl sites for hydroxylation is 2. The Labute approximate surface area is 151 Å². The van der Waals surface area contributed by atoms with Gasteiger partial charge in [-0.15, -0.1) is 0 Å². The zero-order valence-corrected chi connectivity index (χ0v) is 15.7. The first-order valence-electron chi connectivity index (χ1n) is 7.60. The summed E-state index contributed by atoms with van der Waals surface area (Å²) in [5, 5.41) is 6.35. The summed E-state index contributed by atoms with van der Waals surface area (Å²) in [6, 6.07) is 4.53. The topological polar surface area (TPSA) is 111 Å². The number of amides is 1. The van der Waals surface area contributed by atoms with Crippen molar-refractivity contribution in [1.29, 1.82) is 0 Å². The lowest BCUT2D eigenvalue weighted by molar-refractivity contribution is -0.119. The van der Waals surface area contributed by atoms with Crippen LogP contribution in [0.4, 0.5) is 5.69 Å². The molecule has 1 heterocycles. The highest BCUT2D eigenvalue weighted by atomic mass is 32.2. The Morgan fingerprint density at radius 2 is 2.00 bits per heavy atom. The molecule has 9 nitrogen and oxygen atoms in total. The second-order valence-electron chi connectivity index (χ2n) is 5.79. The predicted molar refractivity (Wildman–Crippen MR) is 94.2 cm³/mol. The fourth-order valence-electron chi connectivity index (χ4n) is 2.09. The smallest absolute Gasteiger partial charge is 0.341 e. The molecule has 0 bridgehead atoms. The van der Waals surface area contributed by atoms with Gasteiger partial charge < -0.3 is 10.1 Å². The Bertz CT molecular complexity index is 934. The Balaban J connectivity index is 2.04. The van der Waals surface area contributed by atoms with Crippen LogP contribution >= 0.6 is 0 Å². The van der Waals surface area contributed by atoms with E-state index in [1.54, 1.807) is 26.1 Å². The lowest BCUT2D eigenvalue weighted by Gasteiger charge is -2.15. The van der Waals surface area contributed by atoms with Crippen molar-refractivity contribution < 1.29 is 22.7 Å². The van der Waals surface area contributed by atoms with Crippen molar-refractivity contribution in [3.8, 4) is 0 Å².